The molecule has 0 saturated carbocycles. The molecule has 34 heavy (non-hydrogen) atoms. The summed E-state index contributed by atoms with van der Waals surface area (Å²) in [6.45, 7) is 3.25. The first-order valence-corrected chi connectivity index (χ1v) is 12.7. The zero-order valence-electron chi connectivity index (χ0n) is 18.9. The Morgan fingerprint density at radius 2 is 2.03 bits per heavy atom. The Hall–Kier alpha value is -3.24. The molecule has 0 amide bonds. The first-order chi connectivity index (χ1) is 16.4. The number of fused-ring (bicyclic) bond motifs is 1. The summed E-state index contributed by atoms with van der Waals surface area (Å²) < 4.78 is 30.0. The molecule has 1 N–H and O–H groups in total. The number of nitrogens with one attached hydrogen (secondary N) is 1. The highest BCUT2D eigenvalue weighted by Crippen LogP contribution is 2.31. The lowest BCUT2D eigenvalue weighted by molar-refractivity contribution is 0.312. The topological polar surface area (TPSA) is 92.5 Å². The third kappa shape index (κ3) is 4.31. The lowest BCUT2D eigenvalue weighted by Gasteiger charge is -2.32. The van der Waals surface area contributed by atoms with Crippen molar-refractivity contribution in [2.24, 2.45) is 0 Å². The molecule has 1 aliphatic rings. The number of anilines is 1. The molecule has 172 valence electrons. The van der Waals surface area contributed by atoms with Crippen LogP contribution in [0.15, 0.2) is 66.0 Å². The number of hydrogen-bond donors (Lipinski definition) is 1. The van der Waals surface area contributed by atoms with E-state index in [1.165, 1.54) is 0 Å². The Bertz CT molecular complexity index is 1420. The number of sulfonamides is 1. The fourth-order valence-corrected chi connectivity index (χ4v) is 6.17. The maximum atomic E-state index is 13.4. The van der Waals surface area contributed by atoms with Gasteiger partial charge in [-0.25, -0.2) is 13.4 Å². The molecule has 0 aliphatic carbocycles. The van der Waals surface area contributed by atoms with Gasteiger partial charge in [-0.05, 0) is 48.5 Å². The van der Waals surface area contributed by atoms with Gasteiger partial charge in [0.15, 0.2) is 5.65 Å². The van der Waals surface area contributed by atoms with Crippen LogP contribution in [0.1, 0.15) is 35.6 Å². The zero-order valence-corrected chi connectivity index (χ0v) is 19.7. The summed E-state index contributed by atoms with van der Waals surface area (Å²) in [7, 11) is 2.56. The van der Waals surface area contributed by atoms with E-state index in [1.807, 2.05) is 37.3 Å². The van der Waals surface area contributed by atoms with E-state index >= 15 is 0 Å². The molecule has 1 fully saturated rings. The highest BCUT2D eigenvalue weighted by Gasteiger charge is 2.32. The second-order valence-corrected chi connectivity index (χ2v) is 10.5. The molecular weight excluding hydrogens is 447 g/mol. The molecule has 2 radical (unpaired) electrons. The Labute approximate surface area is 200 Å². The highest BCUT2D eigenvalue weighted by atomic mass is 32.2. The third-order valence-electron chi connectivity index (χ3n) is 6.23. The maximum absolute atomic E-state index is 13.4. The molecule has 3 aromatic heterocycles. The SMILES string of the molecule is [B]c1cnn2c(NCc3cccnc3)cc(C3CCCN(S(=O)(=O)c4ccccc4C)C3)nc12. The van der Waals surface area contributed by atoms with E-state index in [1.54, 1.807) is 39.5 Å². The second kappa shape index (κ2) is 9.19. The number of benzene rings is 1. The van der Waals surface area contributed by atoms with Gasteiger partial charge < -0.3 is 5.32 Å². The standard InChI is InChI=1S/C24H25BN6O2S/c1-17-6-2-3-9-22(17)34(32,33)30-11-5-8-19(16-30)21-12-23(27-14-18-7-4-10-26-13-18)31-24(29-21)20(25)15-28-31/h2-4,6-7,9-10,12-13,15,19,27H,5,8,11,14,16H2,1H3. The summed E-state index contributed by atoms with van der Waals surface area (Å²) in [5.41, 5.74) is 3.62. The number of piperidine rings is 1. The molecule has 8 nitrogen and oxygen atoms in total. The minimum absolute atomic E-state index is 0.0502. The highest BCUT2D eigenvalue weighted by molar-refractivity contribution is 7.89. The molecule has 10 heteroatoms. The van der Waals surface area contributed by atoms with Crippen LogP contribution in [0.25, 0.3) is 5.65 Å². The molecule has 5 rings (SSSR count). The number of aryl methyl sites for hydroxylation is 1. The van der Waals surface area contributed by atoms with Crippen molar-refractivity contribution in [2.45, 2.75) is 37.1 Å². The number of pyridine rings is 1. The van der Waals surface area contributed by atoms with Gasteiger partial charge in [0.2, 0.25) is 10.0 Å². The second-order valence-electron chi connectivity index (χ2n) is 8.58. The van der Waals surface area contributed by atoms with E-state index in [4.69, 9.17) is 12.8 Å². The van der Waals surface area contributed by atoms with Crippen LogP contribution in [0.2, 0.25) is 0 Å². The molecule has 4 heterocycles. The van der Waals surface area contributed by atoms with E-state index in [9.17, 15) is 8.42 Å². The van der Waals surface area contributed by atoms with E-state index in [0.717, 1.165) is 35.5 Å². The summed E-state index contributed by atoms with van der Waals surface area (Å²) in [6, 6.07) is 12.9. The summed E-state index contributed by atoms with van der Waals surface area (Å²) in [4.78, 5) is 9.30. The van der Waals surface area contributed by atoms with Crippen LogP contribution in [0.3, 0.4) is 0 Å². The van der Waals surface area contributed by atoms with Gasteiger partial charge in [0.1, 0.15) is 13.7 Å². The quantitative estimate of drug-likeness (QED) is 0.434. The largest absolute Gasteiger partial charge is 0.366 e. The van der Waals surface area contributed by atoms with Crippen LogP contribution in [-0.2, 0) is 16.6 Å². The van der Waals surface area contributed by atoms with Crippen molar-refractivity contribution in [1.82, 2.24) is 23.9 Å². The molecular formula is C24H25BN6O2S. The molecule has 1 aliphatic heterocycles. The Kier molecular flexibility index (Phi) is 6.10. The molecule has 1 saturated heterocycles. The summed E-state index contributed by atoms with van der Waals surface area (Å²) in [5.74, 6) is 0.699. The minimum Gasteiger partial charge on any atom is -0.366 e. The third-order valence-corrected chi connectivity index (χ3v) is 8.25. The number of rotatable bonds is 6. The van der Waals surface area contributed by atoms with Crippen molar-refractivity contribution in [3.63, 3.8) is 0 Å². The predicted octanol–water partition coefficient (Wildman–Crippen LogP) is 2.41. The van der Waals surface area contributed by atoms with Gasteiger partial charge in [-0.15, -0.1) is 0 Å². The lowest BCUT2D eigenvalue weighted by Crippen LogP contribution is -2.39. The van der Waals surface area contributed by atoms with E-state index in [-0.39, 0.29) is 5.92 Å². The first kappa shape index (κ1) is 22.6. The first-order valence-electron chi connectivity index (χ1n) is 11.3. The molecule has 1 unspecified atom stereocenters. The van der Waals surface area contributed by atoms with Crippen molar-refractivity contribution >= 4 is 34.8 Å². The van der Waals surface area contributed by atoms with Gasteiger partial charge in [-0.2, -0.15) is 13.9 Å². The van der Waals surface area contributed by atoms with Crippen LogP contribution in [0.5, 0.6) is 0 Å². The van der Waals surface area contributed by atoms with Crippen molar-refractivity contribution in [1.29, 1.82) is 0 Å². The Morgan fingerprint density at radius 3 is 2.82 bits per heavy atom. The normalized spacial score (nSPS) is 17.1. The number of hydrogen-bond acceptors (Lipinski definition) is 6. The van der Waals surface area contributed by atoms with Crippen molar-refractivity contribution < 1.29 is 8.42 Å². The summed E-state index contributed by atoms with van der Waals surface area (Å²) in [5, 5.41) is 7.77. The molecule has 1 atom stereocenters. The number of aromatic nitrogens is 4. The van der Waals surface area contributed by atoms with Gasteiger partial charge >= 0.3 is 0 Å². The Balaban J connectivity index is 1.45. The van der Waals surface area contributed by atoms with Gasteiger partial charge in [-0.3, -0.25) is 4.98 Å². The van der Waals surface area contributed by atoms with Gasteiger partial charge in [-0.1, -0.05) is 24.3 Å². The maximum Gasteiger partial charge on any atom is 0.243 e. The Morgan fingerprint density at radius 1 is 1.18 bits per heavy atom. The van der Waals surface area contributed by atoms with Crippen LogP contribution >= 0.6 is 0 Å². The fraction of sp³-hybridized carbons (Fsp3) is 0.292. The van der Waals surface area contributed by atoms with Crippen LogP contribution in [-0.4, -0.2) is 53.2 Å². The minimum atomic E-state index is -3.59. The average Bonchev–Trinajstić information content (AvgIpc) is 3.24. The van der Waals surface area contributed by atoms with Crippen LogP contribution in [0, 0.1) is 6.92 Å². The van der Waals surface area contributed by atoms with Gasteiger partial charge in [0.25, 0.3) is 0 Å². The lowest BCUT2D eigenvalue weighted by atomic mass is 9.95. The summed E-state index contributed by atoms with van der Waals surface area (Å²) >= 11 is 0. The van der Waals surface area contributed by atoms with E-state index in [2.05, 4.69) is 15.4 Å². The smallest absolute Gasteiger partial charge is 0.243 e. The number of nitrogens with zero attached hydrogens (tertiary/aromatic N) is 5. The molecule has 1 aromatic carbocycles. The van der Waals surface area contributed by atoms with E-state index < -0.39 is 10.0 Å². The van der Waals surface area contributed by atoms with Gasteiger partial charge in [0.05, 0.1) is 10.6 Å². The molecule has 4 aromatic rings. The van der Waals surface area contributed by atoms with Gasteiger partial charge in [0, 0.05) is 50.2 Å². The predicted molar refractivity (Wildman–Crippen MR) is 132 cm³/mol. The monoisotopic (exact) mass is 472 g/mol. The molecule has 0 bridgehead atoms. The fourth-order valence-electron chi connectivity index (χ4n) is 4.42. The van der Waals surface area contributed by atoms with Crippen molar-refractivity contribution in [3.8, 4) is 0 Å². The van der Waals surface area contributed by atoms with Crippen LogP contribution in [0.4, 0.5) is 5.82 Å². The average molecular weight is 472 g/mol. The van der Waals surface area contributed by atoms with Crippen LogP contribution < -0.4 is 10.8 Å². The van der Waals surface area contributed by atoms with Crippen molar-refractivity contribution in [3.05, 3.63) is 77.9 Å². The van der Waals surface area contributed by atoms with E-state index in [0.29, 0.717) is 35.6 Å². The summed E-state index contributed by atoms with van der Waals surface area (Å²) in [6.07, 6.45) is 6.73. The van der Waals surface area contributed by atoms with Crippen molar-refractivity contribution in [2.75, 3.05) is 18.4 Å². The zero-order chi connectivity index (χ0) is 23.7. The molecule has 0 spiro atoms.